The number of aliphatic imine (C=N–C) groups is 1. The third-order valence-electron chi connectivity index (χ3n) is 4.55. The Bertz CT molecular complexity index is 657. The Morgan fingerprint density at radius 1 is 1.37 bits per heavy atom. The number of nitrogens with one attached hydrogen (secondary N) is 2. The third kappa shape index (κ3) is 6.90. The largest absolute Gasteiger partial charge is 0.357 e. The molecule has 0 aliphatic carbocycles. The number of carbonyl (C=O) groups excluding carboxylic acids is 1. The number of likely N-dealkylation sites (tertiary alicyclic amines) is 1. The number of halogens is 3. The van der Waals surface area contributed by atoms with Crippen LogP contribution in [0.15, 0.2) is 23.2 Å². The number of hydrogen-bond acceptors (Lipinski definition) is 2. The first-order valence-electron chi connectivity index (χ1n) is 9.22. The van der Waals surface area contributed by atoms with Crippen LogP contribution >= 0.6 is 24.0 Å². The number of benzene rings is 1. The second-order valence-electron chi connectivity index (χ2n) is 6.61. The topological polar surface area (TPSA) is 56.7 Å². The molecule has 1 fully saturated rings. The summed E-state index contributed by atoms with van der Waals surface area (Å²) < 4.78 is 26.9. The lowest BCUT2D eigenvalue weighted by Crippen LogP contribution is -2.45. The highest BCUT2D eigenvalue weighted by Crippen LogP contribution is 2.20. The Morgan fingerprint density at radius 2 is 2.11 bits per heavy atom. The Balaban J connectivity index is 0.00000364. The van der Waals surface area contributed by atoms with E-state index in [1.54, 1.807) is 0 Å². The van der Waals surface area contributed by atoms with Crippen molar-refractivity contribution in [3.63, 3.8) is 0 Å². The highest BCUT2D eigenvalue weighted by atomic mass is 127. The van der Waals surface area contributed by atoms with Gasteiger partial charge < -0.3 is 15.5 Å². The monoisotopic (exact) mass is 494 g/mol. The van der Waals surface area contributed by atoms with E-state index >= 15 is 0 Å². The summed E-state index contributed by atoms with van der Waals surface area (Å²) in [4.78, 5) is 18.2. The van der Waals surface area contributed by atoms with Gasteiger partial charge in [0.25, 0.3) is 0 Å². The zero-order chi connectivity index (χ0) is 19.1. The molecule has 1 heterocycles. The summed E-state index contributed by atoms with van der Waals surface area (Å²) in [5.41, 5.74) is 0.451. The summed E-state index contributed by atoms with van der Waals surface area (Å²) in [7, 11) is 0. The molecule has 1 aromatic carbocycles. The van der Waals surface area contributed by atoms with Gasteiger partial charge in [-0.1, -0.05) is 19.9 Å². The SMILES string of the molecule is CCNC(=NCC(C)c1ccc(F)cc1F)NC1CCN(C(=O)CC)C1.I. The molecule has 0 radical (unpaired) electrons. The maximum Gasteiger partial charge on any atom is 0.222 e. The van der Waals surface area contributed by atoms with E-state index in [-0.39, 0.29) is 41.8 Å². The van der Waals surface area contributed by atoms with Crippen LogP contribution in [0.4, 0.5) is 8.78 Å². The number of nitrogens with zero attached hydrogens (tertiary/aromatic N) is 2. The van der Waals surface area contributed by atoms with Crippen molar-refractivity contribution in [2.75, 3.05) is 26.2 Å². The first-order chi connectivity index (χ1) is 12.4. The van der Waals surface area contributed by atoms with Gasteiger partial charge in [0.15, 0.2) is 5.96 Å². The first kappa shape index (κ1) is 23.6. The average Bonchev–Trinajstić information content (AvgIpc) is 3.07. The fourth-order valence-corrected chi connectivity index (χ4v) is 3.07. The lowest BCUT2D eigenvalue weighted by Gasteiger charge is -2.19. The smallest absolute Gasteiger partial charge is 0.222 e. The van der Waals surface area contributed by atoms with E-state index in [9.17, 15) is 13.6 Å². The van der Waals surface area contributed by atoms with Crippen LogP contribution in [-0.4, -0.2) is 49.0 Å². The third-order valence-corrected chi connectivity index (χ3v) is 4.55. The van der Waals surface area contributed by atoms with Gasteiger partial charge in [0.1, 0.15) is 11.6 Å². The van der Waals surface area contributed by atoms with Crippen molar-refractivity contribution in [1.82, 2.24) is 15.5 Å². The maximum absolute atomic E-state index is 13.9. The van der Waals surface area contributed by atoms with Gasteiger partial charge in [0.05, 0.1) is 0 Å². The molecular formula is C19H29F2IN4O. The lowest BCUT2D eigenvalue weighted by atomic mass is 10.0. The molecule has 0 bridgehead atoms. The van der Waals surface area contributed by atoms with Crippen molar-refractivity contribution in [3.05, 3.63) is 35.4 Å². The fourth-order valence-electron chi connectivity index (χ4n) is 3.07. The first-order valence-corrected chi connectivity index (χ1v) is 9.22. The summed E-state index contributed by atoms with van der Waals surface area (Å²) in [5.74, 6) is -0.485. The van der Waals surface area contributed by atoms with Gasteiger partial charge in [-0.3, -0.25) is 9.79 Å². The standard InChI is InChI=1S/C19H28F2N4O.HI/c1-4-18(26)25-9-8-15(12-25)24-19(22-5-2)23-11-13(3)16-7-6-14(20)10-17(16)21;/h6-7,10,13,15H,4-5,8-9,11-12H2,1-3H3,(H2,22,23,24);1H. The zero-order valence-electron chi connectivity index (χ0n) is 16.1. The van der Waals surface area contributed by atoms with Crippen molar-refractivity contribution < 1.29 is 13.6 Å². The van der Waals surface area contributed by atoms with Gasteiger partial charge in [0, 0.05) is 50.6 Å². The molecule has 27 heavy (non-hydrogen) atoms. The molecule has 2 atom stereocenters. The molecule has 2 unspecified atom stereocenters. The predicted octanol–water partition coefficient (Wildman–Crippen LogP) is 3.25. The Hall–Kier alpha value is -1.45. The summed E-state index contributed by atoms with van der Waals surface area (Å²) in [6.07, 6.45) is 1.39. The van der Waals surface area contributed by atoms with Crippen LogP contribution in [0.3, 0.4) is 0 Å². The van der Waals surface area contributed by atoms with E-state index in [2.05, 4.69) is 15.6 Å². The molecule has 1 saturated heterocycles. The molecule has 1 aromatic rings. The second kappa shape index (κ2) is 11.4. The minimum Gasteiger partial charge on any atom is -0.357 e. The zero-order valence-corrected chi connectivity index (χ0v) is 18.4. The summed E-state index contributed by atoms with van der Waals surface area (Å²) in [6.45, 7) is 8.20. The van der Waals surface area contributed by atoms with Crippen LogP contribution in [0.1, 0.15) is 45.1 Å². The van der Waals surface area contributed by atoms with Gasteiger partial charge in [0.2, 0.25) is 5.91 Å². The van der Waals surface area contributed by atoms with Crippen LogP contribution in [-0.2, 0) is 4.79 Å². The Labute approximate surface area is 177 Å². The molecule has 0 aromatic heterocycles. The Morgan fingerprint density at radius 3 is 2.74 bits per heavy atom. The number of hydrogen-bond donors (Lipinski definition) is 2. The van der Waals surface area contributed by atoms with E-state index in [4.69, 9.17) is 0 Å². The van der Waals surface area contributed by atoms with E-state index in [1.165, 1.54) is 12.1 Å². The molecule has 5 nitrogen and oxygen atoms in total. The number of guanidine groups is 1. The van der Waals surface area contributed by atoms with Crippen molar-refractivity contribution in [2.45, 2.75) is 45.6 Å². The highest BCUT2D eigenvalue weighted by molar-refractivity contribution is 14.0. The summed E-state index contributed by atoms with van der Waals surface area (Å²) in [6, 6.07) is 3.79. The molecular weight excluding hydrogens is 465 g/mol. The molecule has 8 heteroatoms. The molecule has 0 spiro atoms. The van der Waals surface area contributed by atoms with Crippen molar-refractivity contribution in [2.24, 2.45) is 4.99 Å². The molecule has 152 valence electrons. The number of rotatable bonds is 6. The maximum atomic E-state index is 13.9. The molecule has 0 saturated carbocycles. The normalized spacial score (nSPS) is 18.0. The van der Waals surface area contributed by atoms with Crippen molar-refractivity contribution in [1.29, 1.82) is 0 Å². The molecule has 1 aliphatic rings. The summed E-state index contributed by atoms with van der Waals surface area (Å²) >= 11 is 0. The molecule has 1 amide bonds. The fraction of sp³-hybridized carbons (Fsp3) is 0.579. The van der Waals surface area contributed by atoms with Crippen molar-refractivity contribution in [3.8, 4) is 0 Å². The van der Waals surface area contributed by atoms with E-state index < -0.39 is 11.6 Å². The number of carbonyl (C=O) groups is 1. The predicted molar refractivity (Wildman–Crippen MR) is 115 cm³/mol. The lowest BCUT2D eigenvalue weighted by molar-refractivity contribution is -0.129. The minimum absolute atomic E-state index is 0. The van der Waals surface area contributed by atoms with E-state index in [0.717, 1.165) is 19.0 Å². The van der Waals surface area contributed by atoms with E-state index in [1.807, 2.05) is 25.7 Å². The van der Waals surface area contributed by atoms with Gasteiger partial charge in [-0.05, 0) is 25.0 Å². The second-order valence-corrected chi connectivity index (χ2v) is 6.61. The van der Waals surface area contributed by atoms with Crippen LogP contribution < -0.4 is 10.6 Å². The van der Waals surface area contributed by atoms with Crippen LogP contribution in [0.5, 0.6) is 0 Å². The van der Waals surface area contributed by atoms with Gasteiger partial charge >= 0.3 is 0 Å². The minimum atomic E-state index is -0.579. The van der Waals surface area contributed by atoms with Crippen LogP contribution in [0.25, 0.3) is 0 Å². The van der Waals surface area contributed by atoms with Crippen LogP contribution in [0, 0.1) is 11.6 Å². The molecule has 1 aliphatic heterocycles. The van der Waals surface area contributed by atoms with Crippen molar-refractivity contribution >= 4 is 35.8 Å². The Kier molecular flexibility index (Phi) is 9.97. The van der Waals surface area contributed by atoms with Gasteiger partial charge in [-0.2, -0.15) is 0 Å². The highest BCUT2D eigenvalue weighted by Gasteiger charge is 2.25. The van der Waals surface area contributed by atoms with Gasteiger partial charge in [-0.25, -0.2) is 8.78 Å². The molecule has 2 N–H and O–H groups in total. The summed E-state index contributed by atoms with van der Waals surface area (Å²) in [5, 5.41) is 6.53. The quantitative estimate of drug-likeness (QED) is 0.363. The van der Waals surface area contributed by atoms with Gasteiger partial charge in [-0.15, -0.1) is 24.0 Å². The number of amides is 1. The van der Waals surface area contributed by atoms with E-state index in [0.29, 0.717) is 37.6 Å². The average molecular weight is 494 g/mol. The van der Waals surface area contributed by atoms with Crippen LogP contribution in [0.2, 0.25) is 0 Å². The molecule has 2 rings (SSSR count).